The molecule has 0 saturated heterocycles. The molecule has 0 N–H and O–H groups in total. The van der Waals surface area contributed by atoms with Crippen molar-refractivity contribution in [3.05, 3.63) is 40.3 Å². The number of hydrogen-bond donors (Lipinski definition) is 0. The second kappa shape index (κ2) is 3.49. The number of aromatic nitrogens is 2. The van der Waals surface area contributed by atoms with E-state index in [1.807, 2.05) is 0 Å². The van der Waals surface area contributed by atoms with Crippen molar-refractivity contribution in [3.63, 3.8) is 0 Å². The third-order valence-corrected chi connectivity index (χ3v) is 2.01. The predicted molar refractivity (Wildman–Crippen MR) is 51.1 cm³/mol. The van der Waals surface area contributed by atoms with Crippen LogP contribution >= 0.6 is 0 Å². The largest absolute Gasteiger partial charge is 0.423 e. The molecule has 0 unspecified atom stereocenters. The molecule has 1 aromatic carbocycles. The normalized spacial score (nSPS) is 10.2. The van der Waals surface area contributed by atoms with Crippen LogP contribution in [0, 0.1) is 17.0 Å². The first-order valence-electron chi connectivity index (χ1n) is 4.20. The average molecular weight is 205 g/mol. The summed E-state index contributed by atoms with van der Waals surface area (Å²) >= 11 is 0. The van der Waals surface area contributed by atoms with Crippen LogP contribution in [0.1, 0.15) is 5.56 Å². The van der Waals surface area contributed by atoms with E-state index in [4.69, 9.17) is 4.42 Å². The smallest absolute Gasteiger partial charge is 0.273 e. The van der Waals surface area contributed by atoms with Gasteiger partial charge in [-0.15, -0.1) is 10.2 Å². The van der Waals surface area contributed by atoms with Gasteiger partial charge in [0.2, 0.25) is 12.3 Å². The van der Waals surface area contributed by atoms with Gasteiger partial charge in [0.15, 0.2) is 0 Å². The Kier molecular flexibility index (Phi) is 2.17. The third kappa shape index (κ3) is 1.69. The minimum atomic E-state index is -0.435. The Labute approximate surface area is 84.7 Å². The van der Waals surface area contributed by atoms with Crippen molar-refractivity contribution >= 4 is 5.69 Å². The topological polar surface area (TPSA) is 82.1 Å². The van der Waals surface area contributed by atoms with E-state index in [1.54, 1.807) is 19.1 Å². The van der Waals surface area contributed by atoms with Crippen LogP contribution in [0.5, 0.6) is 0 Å². The highest BCUT2D eigenvalue weighted by Crippen LogP contribution is 2.24. The SMILES string of the molecule is Cc1ccc(-c2nnco2)cc1[N+](=O)[O-]. The zero-order valence-corrected chi connectivity index (χ0v) is 7.88. The fourth-order valence-corrected chi connectivity index (χ4v) is 1.24. The first kappa shape index (κ1) is 9.32. The fourth-order valence-electron chi connectivity index (χ4n) is 1.24. The molecule has 0 fully saturated rings. The van der Waals surface area contributed by atoms with Gasteiger partial charge in [-0.25, -0.2) is 0 Å². The first-order valence-corrected chi connectivity index (χ1v) is 4.20. The lowest BCUT2D eigenvalue weighted by molar-refractivity contribution is -0.385. The predicted octanol–water partition coefficient (Wildman–Crippen LogP) is 1.95. The molecule has 0 aliphatic carbocycles. The quantitative estimate of drug-likeness (QED) is 0.552. The molecule has 0 saturated carbocycles. The molecule has 0 aliphatic rings. The van der Waals surface area contributed by atoms with E-state index in [2.05, 4.69) is 10.2 Å². The summed E-state index contributed by atoms with van der Waals surface area (Å²) in [6, 6.07) is 4.77. The summed E-state index contributed by atoms with van der Waals surface area (Å²) in [7, 11) is 0. The van der Waals surface area contributed by atoms with Crippen LogP contribution < -0.4 is 0 Å². The Morgan fingerprint density at radius 2 is 2.27 bits per heavy atom. The Morgan fingerprint density at radius 3 is 2.87 bits per heavy atom. The van der Waals surface area contributed by atoms with Crippen LogP contribution in [0.2, 0.25) is 0 Å². The second-order valence-electron chi connectivity index (χ2n) is 3.00. The van der Waals surface area contributed by atoms with E-state index in [-0.39, 0.29) is 11.6 Å². The maximum atomic E-state index is 10.7. The molecule has 0 amide bonds. The van der Waals surface area contributed by atoms with Crippen molar-refractivity contribution in [1.82, 2.24) is 10.2 Å². The molecule has 0 spiro atoms. The van der Waals surface area contributed by atoms with Crippen molar-refractivity contribution < 1.29 is 9.34 Å². The summed E-state index contributed by atoms with van der Waals surface area (Å²) in [4.78, 5) is 10.2. The van der Waals surface area contributed by atoms with Gasteiger partial charge in [0, 0.05) is 17.2 Å². The highest BCUT2D eigenvalue weighted by atomic mass is 16.6. The van der Waals surface area contributed by atoms with E-state index in [9.17, 15) is 10.1 Å². The Morgan fingerprint density at radius 1 is 1.47 bits per heavy atom. The number of benzene rings is 1. The number of nitro groups is 1. The number of rotatable bonds is 2. The lowest BCUT2D eigenvalue weighted by Crippen LogP contribution is -1.92. The molecule has 2 aromatic rings. The molecule has 0 aliphatic heterocycles. The second-order valence-corrected chi connectivity index (χ2v) is 3.00. The minimum Gasteiger partial charge on any atom is -0.423 e. The van der Waals surface area contributed by atoms with E-state index in [0.29, 0.717) is 11.1 Å². The fraction of sp³-hybridized carbons (Fsp3) is 0.111. The van der Waals surface area contributed by atoms with Gasteiger partial charge in [-0.1, -0.05) is 6.07 Å². The molecule has 0 atom stereocenters. The van der Waals surface area contributed by atoms with Crippen molar-refractivity contribution in [2.75, 3.05) is 0 Å². The average Bonchev–Trinajstić information content (AvgIpc) is 2.71. The van der Waals surface area contributed by atoms with Crippen LogP contribution in [0.25, 0.3) is 11.5 Å². The van der Waals surface area contributed by atoms with E-state index < -0.39 is 4.92 Å². The Hall–Kier alpha value is -2.24. The standard InChI is InChI=1S/C9H7N3O3/c1-6-2-3-7(4-8(6)12(13)14)9-11-10-5-15-9/h2-5H,1H3. The van der Waals surface area contributed by atoms with E-state index in [1.165, 1.54) is 12.5 Å². The molecular formula is C9H7N3O3. The van der Waals surface area contributed by atoms with Crippen LogP contribution in [0.3, 0.4) is 0 Å². The van der Waals surface area contributed by atoms with Crippen molar-refractivity contribution in [2.24, 2.45) is 0 Å². The molecule has 1 aromatic heterocycles. The number of aryl methyl sites for hydroxylation is 1. The van der Waals surface area contributed by atoms with Gasteiger partial charge in [-0.2, -0.15) is 0 Å². The van der Waals surface area contributed by atoms with Crippen molar-refractivity contribution in [2.45, 2.75) is 6.92 Å². The zero-order chi connectivity index (χ0) is 10.8. The molecule has 6 nitrogen and oxygen atoms in total. The molecule has 15 heavy (non-hydrogen) atoms. The maximum Gasteiger partial charge on any atom is 0.273 e. The molecular weight excluding hydrogens is 198 g/mol. The highest BCUT2D eigenvalue weighted by molar-refractivity contribution is 5.59. The summed E-state index contributed by atoms with van der Waals surface area (Å²) < 4.78 is 4.95. The van der Waals surface area contributed by atoms with Gasteiger partial charge < -0.3 is 4.42 Å². The summed E-state index contributed by atoms with van der Waals surface area (Å²) in [6.07, 6.45) is 1.18. The van der Waals surface area contributed by atoms with Crippen LogP contribution in [-0.4, -0.2) is 15.1 Å². The summed E-state index contributed by atoms with van der Waals surface area (Å²) in [6.45, 7) is 1.68. The lowest BCUT2D eigenvalue weighted by Gasteiger charge is -1.98. The molecule has 0 bridgehead atoms. The van der Waals surface area contributed by atoms with Gasteiger partial charge in [0.1, 0.15) is 0 Å². The summed E-state index contributed by atoms with van der Waals surface area (Å²) in [5.41, 5.74) is 1.19. The number of nitro benzene ring substituents is 1. The molecule has 2 rings (SSSR count). The van der Waals surface area contributed by atoms with Crippen LogP contribution in [-0.2, 0) is 0 Å². The zero-order valence-electron chi connectivity index (χ0n) is 7.88. The summed E-state index contributed by atoms with van der Waals surface area (Å²) in [5, 5.41) is 17.9. The van der Waals surface area contributed by atoms with Gasteiger partial charge in [-0.3, -0.25) is 10.1 Å². The van der Waals surface area contributed by atoms with Gasteiger partial charge in [0.05, 0.1) is 4.92 Å². The molecule has 1 heterocycles. The Balaban J connectivity index is 2.52. The Bertz CT molecular complexity index is 493. The number of hydrogen-bond acceptors (Lipinski definition) is 5. The van der Waals surface area contributed by atoms with Gasteiger partial charge >= 0.3 is 0 Å². The van der Waals surface area contributed by atoms with E-state index >= 15 is 0 Å². The first-order chi connectivity index (χ1) is 7.18. The number of nitrogens with zero attached hydrogens (tertiary/aromatic N) is 3. The highest BCUT2D eigenvalue weighted by Gasteiger charge is 2.13. The van der Waals surface area contributed by atoms with Crippen molar-refractivity contribution in [3.8, 4) is 11.5 Å². The molecule has 6 heteroatoms. The maximum absolute atomic E-state index is 10.7. The van der Waals surface area contributed by atoms with E-state index in [0.717, 1.165) is 0 Å². The third-order valence-electron chi connectivity index (χ3n) is 2.01. The monoisotopic (exact) mass is 205 g/mol. The van der Waals surface area contributed by atoms with Crippen molar-refractivity contribution in [1.29, 1.82) is 0 Å². The molecule has 0 radical (unpaired) electrons. The van der Waals surface area contributed by atoms with Crippen LogP contribution in [0.4, 0.5) is 5.69 Å². The van der Waals surface area contributed by atoms with Gasteiger partial charge in [-0.05, 0) is 13.0 Å². The van der Waals surface area contributed by atoms with Gasteiger partial charge in [0.25, 0.3) is 5.69 Å². The lowest BCUT2D eigenvalue weighted by atomic mass is 10.1. The molecule has 76 valence electrons. The summed E-state index contributed by atoms with van der Waals surface area (Å²) in [5.74, 6) is 0.276. The minimum absolute atomic E-state index is 0.0469. The van der Waals surface area contributed by atoms with Crippen LogP contribution in [0.15, 0.2) is 29.0 Å².